The maximum atomic E-state index is 13.4. The van der Waals surface area contributed by atoms with E-state index < -0.39 is 46.7 Å². The first-order chi connectivity index (χ1) is 17.0. The number of primary amides is 1. The van der Waals surface area contributed by atoms with Gasteiger partial charge in [0, 0.05) is 26.4 Å². The van der Waals surface area contributed by atoms with Gasteiger partial charge in [0.1, 0.15) is 18.1 Å². The Morgan fingerprint density at radius 3 is 2.50 bits per heavy atom. The topological polar surface area (TPSA) is 200 Å². The van der Waals surface area contributed by atoms with Crippen molar-refractivity contribution in [1.82, 2.24) is 16.0 Å². The molecule has 36 heavy (non-hydrogen) atoms. The fraction of sp³-hybridized carbons (Fsp3) is 0.545. The van der Waals surface area contributed by atoms with Crippen LogP contribution < -0.4 is 27.4 Å². The first-order valence-corrected chi connectivity index (χ1v) is 13.6. The first-order valence-electron chi connectivity index (χ1n) is 11.5. The van der Waals surface area contributed by atoms with Crippen molar-refractivity contribution in [2.75, 3.05) is 12.3 Å². The highest BCUT2D eigenvalue weighted by Gasteiger charge is 2.33. The van der Waals surface area contributed by atoms with Crippen molar-refractivity contribution in [3.05, 3.63) is 31.4 Å². The van der Waals surface area contributed by atoms with Crippen LogP contribution in [0.3, 0.4) is 0 Å². The molecule has 1 aliphatic heterocycles. The second-order valence-corrected chi connectivity index (χ2v) is 10.7. The number of carbonyl (C=O) groups excluding carboxylic acids is 4. The lowest BCUT2D eigenvalue weighted by atomic mass is 9.97. The van der Waals surface area contributed by atoms with Gasteiger partial charge in [0.15, 0.2) is 0 Å². The van der Waals surface area contributed by atoms with Crippen LogP contribution >= 0.6 is 34.4 Å². The Bertz CT molecular complexity index is 1020. The largest absolute Gasteiger partial charge is 0.368 e. The van der Waals surface area contributed by atoms with Crippen molar-refractivity contribution < 1.29 is 24.1 Å². The predicted molar refractivity (Wildman–Crippen MR) is 143 cm³/mol. The molecule has 2 rings (SSSR count). The van der Waals surface area contributed by atoms with Crippen molar-refractivity contribution in [1.29, 1.82) is 0 Å². The average molecular weight is 634 g/mol. The number of nitro benzene ring substituents is 1. The summed E-state index contributed by atoms with van der Waals surface area (Å²) in [5.74, 6) is -2.94. The monoisotopic (exact) mass is 634 g/mol. The molecule has 0 saturated heterocycles. The molecule has 0 spiro atoms. The number of nitrogens with one attached hydrogen (secondary N) is 3. The summed E-state index contributed by atoms with van der Waals surface area (Å²) in [6.07, 6.45) is 2.00. The number of thioether (sulfide) groups is 1. The molecule has 14 heteroatoms. The Balaban J connectivity index is 2.58. The molecular weight excluding hydrogens is 603 g/mol. The van der Waals surface area contributed by atoms with Gasteiger partial charge in [-0.3, -0.25) is 29.3 Å². The predicted octanol–water partition coefficient (Wildman–Crippen LogP) is 1.03. The number of rotatable bonds is 8. The van der Waals surface area contributed by atoms with E-state index in [9.17, 15) is 29.3 Å². The Hall–Kier alpha value is -2.46. The number of unbranched alkanes of at least 4 members (excludes halogenated alkanes) is 1. The van der Waals surface area contributed by atoms with Gasteiger partial charge in [-0.1, -0.05) is 20.3 Å². The summed E-state index contributed by atoms with van der Waals surface area (Å²) >= 11 is 2.94. The van der Waals surface area contributed by atoms with Gasteiger partial charge in [-0.2, -0.15) is 0 Å². The quantitative estimate of drug-likeness (QED) is 0.121. The minimum atomic E-state index is -1.11. The number of nitrogens with two attached hydrogens (primary N) is 2. The van der Waals surface area contributed by atoms with E-state index in [4.69, 9.17) is 11.5 Å². The first kappa shape index (κ1) is 29.8. The Labute approximate surface area is 226 Å². The molecule has 0 aliphatic carbocycles. The fourth-order valence-electron chi connectivity index (χ4n) is 3.58. The summed E-state index contributed by atoms with van der Waals surface area (Å²) in [5.41, 5.74) is 10.8. The highest BCUT2D eigenvalue weighted by Crippen LogP contribution is 2.33. The van der Waals surface area contributed by atoms with Gasteiger partial charge in [-0.15, -0.1) is 11.8 Å². The third-order valence-corrected chi connectivity index (χ3v) is 8.35. The Morgan fingerprint density at radius 2 is 1.92 bits per heavy atom. The number of nitro groups is 1. The second-order valence-electron chi connectivity index (χ2n) is 8.52. The number of non-ortho nitro benzene ring substituents is 1. The van der Waals surface area contributed by atoms with Crippen LogP contribution in [0.5, 0.6) is 0 Å². The molecule has 0 bridgehead atoms. The van der Waals surface area contributed by atoms with E-state index in [1.54, 1.807) is 6.92 Å². The Morgan fingerprint density at radius 1 is 1.22 bits per heavy atom. The molecule has 1 heterocycles. The number of hydrogen-bond donors (Lipinski definition) is 5. The van der Waals surface area contributed by atoms with Crippen LogP contribution in [0.25, 0.3) is 0 Å². The summed E-state index contributed by atoms with van der Waals surface area (Å²) in [4.78, 5) is 63.1. The third-order valence-electron chi connectivity index (χ3n) is 5.90. The number of benzene rings is 1. The smallest absolute Gasteiger partial charge is 0.271 e. The van der Waals surface area contributed by atoms with Crippen molar-refractivity contribution >= 4 is 63.7 Å². The van der Waals surface area contributed by atoms with Crippen LogP contribution in [0.4, 0.5) is 5.69 Å². The zero-order valence-corrected chi connectivity index (χ0v) is 23.0. The lowest BCUT2D eigenvalue weighted by molar-refractivity contribution is -0.385. The standard InChI is InChI=1S/C22H31IN6O6S/c1-3-11(2)17-22(33)26-15(6-4-5-7-24)21(32)27-16(19(25)30)10-36-18-13(20(31)28-17)8-12(29(34)35)9-14(18)23/h8-9,11,15-17H,3-7,10,24H2,1-2H3,(H2,25,30)(H,26,33)(H,27,32)(H,28,31)/t11-,15-,16-,17-/m0/s1. The van der Waals surface area contributed by atoms with Crippen LogP contribution in [0.1, 0.15) is 49.9 Å². The van der Waals surface area contributed by atoms with Crippen LogP contribution in [0.2, 0.25) is 0 Å². The number of fused-ring (bicyclic) bond motifs is 1. The summed E-state index contributed by atoms with van der Waals surface area (Å²) < 4.78 is 0.408. The molecule has 4 amide bonds. The normalized spacial score (nSPS) is 22.0. The minimum absolute atomic E-state index is 0.00649. The number of carbonyl (C=O) groups is 4. The molecule has 7 N–H and O–H groups in total. The second kappa shape index (κ2) is 13.7. The summed E-state index contributed by atoms with van der Waals surface area (Å²) in [6.45, 7) is 4.05. The highest BCUT2D eigenvalue weighted by molar-refractivity contribution is 14.1. The molecule has 0 saturated carbocycles. The van der Waals surface area contributed by atoms with Gasteiger partial charge in [-0.25, -0.2) is 0 Å². The van der Waals surface area contributed by atoms with E-state index in [1.807, 2.05) is 29.5 Å². The molecule has 0 aromatic heterocycles. The van der Waals surface area contributed by atoms with Gasteiger partial charge >= 0.3 is 0 Å². The summed E-state index contributed by atoms with van der Waals surface area (Å²) in [5, 5.41) is 19.5. The lowest BCUT2D eigenvalue weighted by Crippen LogP contribution is -2.57. The fourth-order valence-corrected chi connectivity index (χ4v) is 5.74. The molecule has 0 unspecified atom stereocenters. The molecule has 4 atom stereocenters. The van der Waals surface area contributed by atoms with Crippen LogP contribution in [-0.4, -0.2) is 59.0 Å². The molecule has 198 valence electrons. The number of halogens is 1. The zero-order chi connectivity index (χ0) is 27.0. The molecular formula is C22H31IN6O6S. The molecule has 1 aliphatic rings. The van der Waals surface area contributed by atoms with Crippen LogP contribution in [0.15, 0.2) is 17.0 Å². The van der Waals surface area contributed by atoms with E-state index in [0.29, 0.717) is 34.3 Å². The van der Waals surface area contributed by atoms with Gasteiger partial charge in [0.05, 0.1) is 10.5 Å². The van der Waals surface area contributed by atoms with Crippen molar-refractivity contribution in [2.24, 2.45) is 17.4 Å². The van der Waals surface area contributed by atoms with Crippen molar-refractivity contribution in [2.45, 2.75) is 62.6 Å². The molecule has 1 aromatic carbocycles. The minimum Gasteiger partial charge on any atom is -0.368 e. The number of hydrogen-bond acceptors (Lipinski definition) is 8. The SMILES string of the molecule is CC[C@H](C)[C@@H]1NC(=O)c2cc([N+](=O)[O-])cc(I)c2SC[C@@H](C(N)=O)NC(=O)[C@H](CCCCN)NC1=O. The lowest BCUT2D eigenvalue weighted by Gasteiger charge is -2.27. The van der Waals surface area contributed by atoms with E-state index in [-0.39, 0.29) is 29.3 Å². The van der Waals surface area contributed by atoms with E-state index in [0.717, 1.165) is 17.8 Å². The van der Waals surface area contributed by atoms with Crippen LogP contribution in [-0.2, 0) is 14.4 Å². The summed E-state index contributed by atoms with van der Waals surface area (Å²) in [6, 6.07) is -0.636. The molecule has 1 aromatic rings. The van der Waals surface area contributed by atoms with Gasteiger partial charge in [0.25, 0.3) is 11.6 Å². The molecule has 0 fully saturated rings. The maximum absolute atomic E-state index is 13.4. The van der Waals surface area contributed by atoms with E-state index in [1.165, 1.54) is 6.07 Å². The number of nitrogens with zero attached hydrogens (tertiary/aromatic N) is 1. The highest BCUT2D eigenvalue weighted by atomic mass is 127. The van der Waals surface area contributed by atoms with Gasteiger partial charge in [-0.05, 0) is 54.3 Å². The number of amides is 4. The third kappa shape index (κ3) is 7.77. The zero-order valence-electron chi connectivity index (χ0n) is 20.0. The van der Waals surface area contributed by atoms with Gasteiger partial charge < -0.3 is 27.4 Å². The molecule has 0 radical (unpaired) electrons. The molecule has 12 nitrogen and oxygen atoms in total. The van der Waals surface area contributed by atoms with Crippen molar-refractivity contribution in [3.63, 3.8) is 0 Å². The van der Waals surface area contributed by atoms with Gasteiger partial charge in [0.2, 0.25) is 17.7 Å². The average Bonchev–Trinajstić information content (AvgIpc) is 2.83. The Kier molecular flexibility index (Phi) is 11.4. The summed E-state index contributed by atoms with van der Waals surface area (Å²) in [7, 11) is 0. The maximum Gasteiger partial charge on any atom is 0.271 e. The van der Waals surface area contributed by atoms with E-state index >= 15 is 0 Å². The van der Waals surface area contributed by atoms with Crippen LogP contribution in [0, 0.1) is 19.6 Å². The van der Waals surface area contributed by atoms with E-state index in [2.05, 4.69) is 16.0 Å². The van der Waals surface area contributed by atoms with Crippen molar-refractivity contribution in [3.8, 4) is 0 Å².